The molecule has 1 heterocycles. The molecule has 0 aliphatic carbocycles. The Bertz CT molecular complexity index is 1050. The molecule has 0 fully saturated rings. The van der Waals surface area contributed by atoms with Crippen molar-refractivity contribution in [1.29, 1.82) is 0 Å². The molecule has 8 heteroatoms. The van der Waals surface area contributed by atoms with E-state index >= 15 is 0 Å². The minimum absolute atomic E-state index is 0.0161. The van der Waals surface area contributed by atoms with E-state index in [2.05, 4.69) is 0 Å². The Morgan fingerprint density at radius 1 is 1.00 bits per heavy atom. The number of methoxy groups -OCH3 is 1. The van der Waals surface area contributed by atoms with Crippen LogP contribution in [0.15, 0.2) is 53.4 Å². The number of ether oxygens (including phenoxy) is 1. The van der Waals surface area contributed by atoms with Gasteiger partial charge >= 0.3 is 0 Å². The standard InChI is InChI=1S/C18H16F2N2O3S/c1-11-3-8-17(12-4-6-14(7-5-12)26(21,23)24)22(11)13-9-15(19)18(25-2)16(20)10-13/h3-10H,1-2H3,(H2,21,23,24). The Morgan fingerprint density at radius 2 is 1.58 bits per heavy atom. The van der Waals surface area contributed by atoms with Gasteiger partial charge in [0.2, 0.25) is 10.0 Å². The number of benzene rings is 2. The number of hydrogen-bond acceptors (Lipinski definition) is 3. The topological polar surface area (TPSA) is 74.3 Å². The van der Waals surface area contributed by atoms with E-state index in [0.717, 1.165) is 5.69 Å². The van der Waals surface area contributed by atoms with Gasteiger partial charge in [0, 0.05) is 17.8 Å². The van der Waals surface area contributed by atoms with Crippen LogP contribution in [0.1, 0.15) is 5.69 Å². The molecule has 0 saturated heterocycles. The lowest BCUT2D eigenvalue weighted by molar-refractivity contribution is 0.359. The third-order valence-corrected chi connectivity index (χ3v) is 4.93. The smallest absolute Gasteiger partial charge is 0.238 e. The maximum absolute atomic E-state index is 14.1. The van der Waals surface area contributed by atoms with Crippen LogP contribution in [-0.4, -0.2) is 20.1 Å². The molecule has 0 radical (unpaired) electrons. The van der Waals surface area contributed by atoms with Crippen molar-refractivity contribution >= 4 is 10.0 Å². The number of rotatable bonds is 4. The van der Waals surface area contributed by atoms with Crippen molar-refractivity contribution in [3.8, 4) is 22.7 Å². The van der Waals surface area contributed by atoms with Crippen molar-refractivity contribution in [2.75, 3.05) is 7.11 Å². The van der Waals surface area contributed by atoms with Gasteiger partial charge in [0.05, 0.1) is 23.4 Å². The van der Waals surface area contributed by atoms with Gasteiger partial charge in [-0.2, -0.15) is 0 Å². The highest BCUT2D eigenvalue weighted by molar-refractivity contribution is 7.89. The van der Waals surface area contributed by atoms with Gasteiger partial charge in [-0.3, -0.25) is 0 Å². The Morgan fingerprint density at radius 3 is 2.08 bits per heavy atom. The second kappa shape index (κ2) is 6.54. The molecule has 0 atom stereocenters. The second-order valence-electron chi connectivity index (χ2n) is 5.71. The number of halogens is 2. The van der Waals surface area contributed by atoms with E-state index in [1.807, 2.05) is 0 Å². The van der Waals surface area contributed by atoms with Gasteiger partial charge in [0.1, 0.15) is 0 Å². The molecule has 2 aromatic carbocycles. The SMILES string of the molecule is COc1c(F)cc(-n2c(C)ccc2-c2ccc(S(N)(=O)=O)cc2)cc1F. The molecule has 0 aliphatic rings. The highest BCUT2D eigenvalue weighted by Gasteiger charge is 2.16. The molecule has 5 nitrogen and oxygen atoms in total. The largest absolute Gasteiger partial charge is 0.491 e. The summed E-state index contributed by atoms with van der Waals surface area (Å²) in [6, 6.07) is 11.9. The van der Waals surface area contributed by atoms with Gasteiger partial charge in [-0.1, -0.05) is 12.1 Å². The van der Waals surface area contributed by atoms with Crippen LogP contribution < -0.4 is 9.88 Å². The zero-order valence-corrected chi connectivity index (χ0v) is 14.8. The molecule has 0 amide bonds. The summed E-state index contributed by atoms with van der Waals surface area (Å²) in [4.78, 5) is -0.0161. The van der Waals surface area contributed by atoms with Crippen molar-refractivity contribution in [3.05, 3.63) is 65.9 Å². The molecule has 0 saturated carbocycles. The lowest BCUT2D eigenvalue weighted by Crippen LogP contribution is -2.11. The van der Waals surface area contributed by atoms with Gasteiger partial charge in [0.25, 0.3) is 0 Å². The normalized spacial score (nSPS) is 11.6. The zero-order valence-electron chi connectivity index (χ0n) is 14.0. The summed E-state index contributed by atoms with van der Waals surface area (Å²) in [5.74, 6) is -2.07. The summed E-state index contributed by atoms with van der Waals surface area (Å²) < 4.78 is 57.3. The summed E-state index contributed by atoms with van der Waals surface area (Å²) in [6.07, 6.45) is 0. The molecular formula is C18H16F2N2O3S. The first-order chi connectivity index (χ1) is 12.2. The van der Waals surface area contributed by atoms with E-state index in [1.165, 1.54) is 31.4 Å². The van der Waals surface area contributed by atoms with Crippen LogP contribution in [-0.2, 0) is 10.0 Å². The van der Waals surface area contributed by atoms with E-state index in [1.54, 1.807) is 35.8 Å². The quantitative estimate of drug-likeness (QED) is 0.756. The van der Waals surface area contributed by atoms with Crippen molar-refractivity contribution < 1.29 is 21.9 Å². The number of primary sulfonamides is 1. The summed E-state index contributed by atoms with van der Waals surface area (Å²) in [7, 11) is -2.60. The lowest BCUT2D eigenvalue weighted by Gasteiger charge is -2.14. The minimum atomic E-state index is -3.80. The second-order valence-corrected chi connectivity index (χ2v) is 7.27. The van der Waals surface area contributed by atoms with Crippen LogP contribution >= 0.6 is 0 Å². The molecule has 26 heavy (non-hydrogen) atoms. The Labute approximate surface area is 149 Å². The summed E-state index contributed by atoms with van der Waals surface area (Å²) >= 11 is 0. The lowest BCUT2D eigenvalue weighted by atomic mass is 10.1. The monoisotopic (exact) mass is 378 g/mol. The molecule has 1 aromatic heterocycles. The third kappa shape index (κ3) is 3.21. The summed E-state index contributed by atoms with van der Waals surface area (Å²) in [5, 5.41) is 5.10. The first-order valence-electron chi connectivity index (χ1n) is 7.57. The van der Waals surface area contributed by atoms with Crippen molar-refractivity contribution in [2.24, 2.45) is 5.14 Å². The highest BCUT2D eigenvalue weighted by atomic mass is 32.2. The minimum Gasteiger partial charge on any atom is -0.491 e. The van der Waals surface area contributed by atoms with E-state index in [4.69, 9.17) is 9.88 Å². The number of sulfonamides is 1. The van der Waals surface area contributed by atoms with Crippen LogP contribution in [0.5, 0.6) is 5.75 Å². The number of nitrogens with zero attached hydrogens (tertiary/aromatic N) is 1. The molecule has 0 aliphatic heterocycles. The number of aryl methyl sites for hydroxylation is 1. The number of hydrogen-bond donors (Lipinski definition) is 1. The fraction of sp³-hybridized carbons (Fsp3) is 0.111. The van der Waals surface area contributed by atoms with Crippen molar-refractivity contribution in [1.82, 2.24) is 4.57 Å². The first-order valence-corrected chi connectivity index (χ1v) is 9.12. The van der Waals surface area contributed by atoms with E-state index in [9.17, 15) is 17.2 Å². The Balaban J connectivity index is 2.14. The fourth-order valence-electron chi connectivity index (χ4n) is 2.79. The van der Waals surface area contributed by atoms with Crippen LogP contribution in [0.4, 0.5) is 8.78 Å². The molecule has 3 aromatic rings. The summed E-state index contributed by atoms with van der Waals surface area (Å²) in [6.45, 7) is 1.79. The molecule has 2 N–H and O–H groups in total. The maximum Gasteiger partial charge on any atom is 0.238 e. The van der Waals surface area contributed by atoms with Gasteiger partial charge in [-0.15, -0.1) is 0 Å². The van der Waals surface area contributed by atoms with Crippen molar-refractivity contribution in [3.63, 3.8) is 0 Å². The Hall–Kier alpha value is -2.71. The van der Waals surface area contributed by atoms with Crippen LogP contribution in [0, 0.1) is 18.6 Å². The molecule has 0 unspecified atom stereocenters. The molecule has 3 rings (SSSR count). The van der Waals surface area contributed by atoms with E-state index in [0.29, 0.717) is 11.3 Å². The fourth-order valence-corrected chi connectivity index (χ4v) is 3.31. The highest BCUT2D eigenvalue weighted by Crippen LogP contribution is 2.30. The van der Waals surface area contributed by atoms with Gasteiger partial charge in [0.15, 0.2) is 17.4 Å². The average Bonchev–Trinajstić information content (AvgIpc) is 2.95. The maximum atomic E-state index is 14.1. The van der Waals surface area contributed by atoms with E-state index in [-0.39, 0.29) is 10.6 Å². The third-order valence-electron chi connectivity index (χ3n) is 4.00. The number of nitrogens with two attached hydrogens (primary N) is 1. The van der Waals surface area contributed by atoms with Crippen LogP contribution in [0.25, 0.3) is 16.9 Å². The average molecular weight is 378 g/mol. The predicted molar refractivity (Wildman–Crippen MR) is 93.8 cm³/mol. The zero-order chi connectivity index (χ0) is 19.1. The molecular weight excluding hydrogens is 362 g/mol. The van der Waals surface area contributed by atoms with Crippen molar-refractivity contribution in [2.45, 2.75) is 11.8 Å². The Kier molecular flexibility index (Phi) is 4.55. The van der Waals surface area contributed by atoms with Gasteiger partial charge in [-0.05, 0) is 36.8 Å². The molecule has 0 bridgehead atoms. The van der Waals surface area contributed by atoms with E-state index < -0.39 is 27.4 Å². The number of aromatic nitrogens is 1. The van der Waals surface area contributed by atoms with Crippen LogP contribution in [0.3, 0.4) is 0 Å². The predicted octanol–water partition coefficient (Wildman–Crippen LogP) is 3.39. The first kappa shape index (κ1) is 18.1. The molecule has 136 valence electrons. The summed E-state index contributed by atoms with van der Waals surface area (Å²) in [5.41, 5.74) is 2.35. The molecule has 0 spiro atoms. The van der Waals surface area contributed by atoms with Gasteiger partial charge < -0.3 is 9.30 Å². The van der Waals surface area contributed by atoms with Gasteiger partial charge in [-0.25, -0.2) is 22.3 Å². The van der Waals surface area contributed by atoms with Crippen LogP contribution in [0.2, 0.25) is 0 Å².